The third-order valence-corrected chi connectivity index (χ3v) is 7.46. The molecular formula is C34H18CoN10. The smallest absolute Gasteiger partial charge is 0.512 e. The molecule has 4 aromatic carbocycles. The van der Waals surface area contributed by atoms with Crippen LogP contribution < -0.4 is 0 Å². The molecule has 45 heavy (non-hydrogen) atoms. The van der Waals surface area contributed by atoms with Crippen molar-refractivity contribution < 1.29 is 16.8 Å². The van der Waals surface area contributed by atoms with E-state index in [1.807, 2.05) is 97.1 Å². The second-order valence-electron chi connectivity index (χ2n) is 9.79. The fourth-order valence-corrected chi connectivity index (χ4v) is 5.59. The zero-order chi connectivity index (χ0) is 30.2. The van der Waals surface area contributed by atoms with E-state index in [0.29, 0.717) is 45.9 Å². The molecule has 0 aliphatic carbocycles. The first-order valence-electron chi connectivity index (χ1n) is 13.4. The van der Waals surface area contributed by atoms with Gasteiger partial charge >= 0.3 is 16.8 Å². The number of aromatic nitrogens is 8. The SMILES string of the molecule is [C-]#N.[C-]#N.[Co+2].c1ccc2c(c1)-c1nc-2nc2[nH]c(nc3nc(nc4[nH]c(n1)c1ccccc41)-c1ccccc1-3)c1ccccc21. The number of benzene rings is 4. The standard InChI is InChI=1S/C32H18N8.2CN.Co/c1-2-10-18-17(9-1)25-33-26(18)38-28-21-13-5-6-14-22(21)30(35-28)40-32-24-16-8-7-15-23(24)31(36-32)39-29-20-12-4-3-11-19(20)27(34-29)37-25;2*1-2;/h1-16H,(H2,33,34,35,36,37,38,39,40);;;/q;2*-1;+2. The molecule has 213 valence electrons. The summed E-state index contributed by atoms with van der Waals surface area (Å²) in [5.74, 6) is 2.39. The molecule has 9 rings (SSSR count). The molecule has 0 saturated heterocycles. The normalized spacial score (nSPS) is 10.8. The predicted molar refractivity (Wildman–Crippen MR) is 166 cm³/mol. The van der Waals surface area contributed by atoms with Crippen LogP contribution >= 0.6 is 0 Å². The Bertz CT molecular complexity index is 2130. The van der Waals surface area contributed by atoms with E-state index < -0.39 is 0 Å². The van der Waals surface area contributed by atoms with Crippen molar-refractivity contribution in [2.75, 3.05) is 0 Å². The van der Waals surface area contributed by atoms with Crippen LogP contribution in [0.15, 0.2) is 97.1 Å². The summed E-state index contributed by atoms with van der Waals surface area (Å²) in [4.78, 5) is 36.8. The number of rotatable bonds is 0. The van der Waals surface area contributed by atoms with Crippen LogP contribution in [0.5, 0.6) is 0 Å². The van der Waals surface area contributed by atoms with Gasteiger partial charge in [0.15, 0.2) is 23.3 Å². The van der Waals surface area contributed by atoms with Gasteiger partial charge in [-0.1, -0.05) is 97.1 Å². The van der Waals surface area contributed by atoms with Gasteiger partial charge in [-0.3, -0.25) is 0 Å². The summed E-state index contributed by atoms with van der Waals surface area (Å²) in [6.45, 7) is 9.50. The average Bonchev–Trinajstić information content (AvgIpc) is 3.82. The molecule has 11 heteroatoms. The molecule has 1 radical (unpaired) electrons. The second-order valence-corrected chi connectivity index (χ2v) is 9.79. The Morgan fingerprint density at radius 1 is 0.356 bits per heavy atom. The Kier molecular flexibility index (Phi) is 7.55. The fraction of sp³-hybridized carbons (Fsp3) is 0. The number of hydrogen-bond acceptors (Lipinski definition) is 8. The second kappa shape index (κ2) is 11.8. The Morgan fingerprint density at radius 2 is 0.578 bits per heavy atom. The number of nitrogens with one attached hydrogen (secondary N) is 2. The summed E-state index contributed by atoms with van der Waals surface area (Å²) in [5, 5.41) is 16.3. The first kappa shape index (κ1) is 28.8. The Morgan fingerprint density at radius 3 is 0.822 bits per heavy atom. The molecule has 0 spiro atoms. The van der Waals surface area contributed by atoms with Crippen molar-refractivity contribution in [1.82, 2.24) is 39.9 Å². The summed E-state index contributed by atoms with van der Waals surface area (Å²) < 4.78 is 0. The number of nitrogens with zero attached hydrogens (tertiary/aromatic N) is 8. The van der Waals surface area contributed by atoms with Crippen molar-refractivity contribution in [3.8, 4) is 45.6 Å². The van der Waals surface area contributed by atoms with Gasteiger partial charge in [0.1, 0.15) is 22.6 Å². The van der Waals surface area contributed by atoms with Crippen molar-refractivity contribution in [2.45, 2.75) is 0 Å². The van der Waals surface area contributed by atoms with Crippen molar-refractivity contribution in [3.63, 3.8) is 0 Å². The third-order valence-electron chi connectivity index (χ3n) is 7.46. The van der Waals surface area contributed by atoms with Crippen LogP contribution in [0.25, 0.3) is 89.7 Å². The maximum absolute atomic E-state index is 6.25. The van der Waals surface area contributed by atoms with E-state index in [9.17, 15) is 0 Å². The third kappa shape index (κ3) is 4.65. The van der Waals surface area contributed by atoms with Gasteiger partial charge in [0.25, 0.3) is 0 Å². The minimum absolute atomic E-state index is 0. The molecule has 0 atom stereocenters. The summed E-state index contributed by atoms with van der Waals surface area (Å²) in [6, 6.07) is 32.2. The van der Waals surface area contributed by atoms with Crippen LogP contribution in [0.2, 0.25) is 0 Å². The number of fused-ring (bicyclic) bond motifs is 20. The molecule has 0 amide bonds. The summed E-state index contributed by atoms with van der Waals surface area (Å²) in [7, 11) is 0. The van der Waals surface area contributed by atoms with Crippen molar-refractivity contribution in [2.24, 2.45) is 0 Å². The van der Waals surface area contributed by atoms with Crippen LogP contribution in [0.3, 0.4) is 0 Å². The average molecular weight is 626 g/mol. The minimum atomic E-state index is 0. The summed E-state index contributed by atoms with van der Waals surface area (Å²) in [6.07, 6.45) is 0. The summed E-state index contributed by atoms with van der Waals surface area (Å²) >= 11 is 0. The van der Waals surface area contributed by atoms with E-state index in [-0.39, 0.29) is 16.8 Å². The van der Waals surface area contributed by atoms with Crippen LogP contribution in [0, 0.1) is 23.7 Å². The van der Waals surface area contributed by atoms with Crippen LogP contribution in [-0.2, 0) is 16.8 Å². The molecule has 0 saturated carbocycles. The molecular weight excluding hydrogens is 607 g/mol. The van der Waals surface area contributed by atoms with Gasteiger partial charge in [-0.15, -0.1) is 0 Å². The monoisotopic (exact) mass is 625 g/mol. The van der Waals surface area contributed by atoms with E-state index in [0.717, 1.165) is 43.8 Å². The Balaban J connectivity index is 0.000000689. The van der Waals surface area contributed by atoms with Crippen LogP contribution in [-0.4, -0.2) is 39.9 Å². The van der Waals surface area contributed by atoms with Gasteiger partial charge in [0.05, 0.1) is 0 Å². The van der Waals surface area contributed by atoms with Gasteiger partial charge in [0, 0.05) is 43.8 Å². The van der Waals surface area contributed by atoms with Crippen molar-refractivity contribution >= 4 is 44.1 Å². The molecule has 10 nitrogen and oxygen atoms in total. The number of hydrogen-bond donors (Lipinski definition) is 2. The largest absolute Gasteiger partial charge is 2.00 e. The molecule has 0 unspecified atom stereocenters. The zero-order valence-electron chi connectivity index (χ0n) is 23.1. The van der Waals surface area contributed by atoms with Gasteiger partial charge in [0.2, 0.25) is 0 Å². The molecule has 7 aromatic rings. The van der Waals surface area contributed by atoms with Gasteiger partial charge in [-0.05, 0) is 0 Å². The molecule has 2 aliphatic heterocycles. The molecule has 8 bridgehead atoms. The number of aromatic amines is 2. The zero-order valence-corrected chi connectivity index (χ0v) is 24.2. The molecule has 2 N–H and O–H groups in total. The maximum Gasteiger partial charge on any atom is 2.00 e. The van der Waals surface area contributed by atoms with Crippen LogP contribution in [0.4, 0.5) is 0 Å². The first-order valence-corrected chi connectivity index (χ1v) is 13.4. The molecule has 5 heterocycles. The number of H-pyrrole nitrogens is 2. The Labute approximate surface area is 266 Å². The first-order chi connectivity index (χ1) is 21.8. The minimum Gasteiger partial charge on any atom is -0.512 e. The maximum atomic E-state index is 6.25. The quantitative estimate of drug-likeness (QED) is 0.170. The van der Waals surface area contributed by atoms with E-state index in [1.54, 1.807) is 0 Å². The molecule has 0 fully saturated rings. The predicted octanol–water partition coefficient (Wildman–Crippen LogP) is 7.06. The van der Waals surface area contributed by atoms with E-state index >= 15 is 0 Å². The molecule has 3 aromatic heterocycles. The topological polar surface area (TPSA) is 156 Å². The fourth-order valence-electron chi connectivity index (χ4n) is 5.59. The van der Waals surface area contributed by atoms with Gasteiger partial charge in [-0.2, -0.15) is 0 Å². The van der Waals surface area contributed by atoms with E-state index in [4.69, 9.17) is 53.6 Å². The Hall–Kier alpha value is -6.27. The van der Waals surface area contributed by atoms with Crippen LogP contribution in [0.1, 0.15) is 0 Å². The van der Waals surface area contributed by atoms with Gasteiger partial charge in [-0.25, -0.2) is 29.9 Å². The summed E-state index contributed by atoms with van der Waals surface area (Å²) in [5.41, 5.74) is 6.45. The van der Waals surface area contributed by atoms with Crippen molar-refractivity contribution in [1.29, 1.82) is 10.5 Å². The molecule has 2 aliphatic rings. The van der Waals surface area contributed by atoms with Crippen molar-refractivity contribution in [3.05, 3.63) is 110 Å². The van der Waals surface area contributed by atoms with E-state index in [1.165, 1.54) is 0 Å². The van der Waals surface area contributed by atoms with Gasteiger partial charge < -0.3 is 33.6 Å². The van der Waals surface area contributed by atoms with E-state index in [2.05, 4.69) is 9.97 Å².